The number of benzene rings is 4. The number of aromatic amines is 1. The van der Waals surface area contributed by atoms with E-state index in [0.29, 0.717) is 12.2 Å². The number of fused-ring (bicyclic) bond motifs is 1. The van der Waals surface area contributed by atoms with Crippen LogP contribution in [0.1, 0.15) is 29.2 Å². The normalized spacial score (nSPS) is 14.4. The molecule has 1 atom stereocenters. The van der Waals surface area contributed by atoms with Gasteiger partial charge in [-0.1, -0.05) is 84.9 Å². The molecule has 0 bridgehead atoms. The Balaban J connectivity index is 1.22. The number of amides is 3. The number of carbonyl (C=O) groups is 2. The van der Waals surface area contributed by atoms with E-state index in [1.54, 1.807) is 11.0 Å². The van der Waals surface area contributed by atoms with Crippen LogP contribution in [-0.2, 0) is 11.3 Å². The topological polar surface area (TPSA) is 74.2 Å². The SMILES string of the molecule is O=C1CCN(CC(c2ccccc2)c2c(-c3ccccc3)[nH]c3ccccc23)C(=O)N1Cc1ccn(-c2c(F)cccc2F)n1. The molecule has 1 saturated heterocycles. The fraction of sp³-hybridized carbons (Fsp3) is 0.139. The lowest BCUT2D eigenvalue weighted by atomic mass is 9.87. The number of hydrogen-bond donors (Lipinski definition) is 1. The summed E-state index contributed by atoms with van der Waals surface area (Å²) in [7, 11) is 0. The van der Waals surface area contributed by atoms with Crippen molar-refractivity contribution in [2.24, 2.45) is 0 Å². The molecular formula is C36H29F2N5O2. The molecule has 1 unspecified atom stereocenters. The molecule has 7 nitrogen and oxygen atoms in total. The molecule has 1 aliphatic rings. The molecule has 3 amide bonds. The van der Waals surface area contributed by atoms with Crippen LogP contribution in [0.2, 0.25) is 0 Å². The summed E-state index contributed by atoms with van der Waals surface area (Å²) in [6, 6.07) is 33.0. The van der Waals surface area contributed by atoms with E-state index in [0.717, 1.165) is 50.1 Å². The summed E-state index contributed by atoms with van der Waals surface area (Å²) in [6.45, 7) is 0.494. The van der Waals surface area contributed by atoms with E-state index >= 15 is 0 Å². The van der Waals surface area contributed by atoms with Crippen LogP contribution in [0.25, 0.3) is 27.8 Å². The Morgan fingerprint density at radius 3 is 2.24 bits per heavy atom. The van der Waals surface area contributed by atoms with Crippen LogP contribution >= 0.6 is 0 Å². The van der Waals surface area contributed by atoms with E-state index in [-0.39, 0.29) is 37.0 Å². The Bertz CT molecular complexity index is 1980. The van der Waals surface area contributed by atoms with Gasteiger partial charge in [0.25, 0.3) is 0 Å². The van der Waals surface area contributed by atoms with E-state index in [1.165, 1.54) is 17.2 Å². The van der Waals surface area contributed by atoms with Gasteiger partial charge in [0.1, 0.15) is 5.69 Å². The fourth-order valence-corrected chi connectivity index (χ4v) is 6.13. The molecule has 7 rings (SSSR count). The van der Waals surface area contributed by atoms with Crippen molar-refractivity contribution in [1.82, 2.24) is 24.6 Å². The first-order chi connectivity index (χ1) is 22.0. The summed E-state index contributed by atoms with van der Waals surface area (Å²) in [5.41, 5.74) is 5.15. The van der Waals surface area contributed by atoms with Gasteiger partial charge in [0.05, 0.1) is 17.9 Å². The van der Waals surface area contributed by atoms with Crippen molar-refractivity contribution in [2.45, 2.75) is 18.9 Å². The third-order valence-electron chi connectivity index (χ3n) is 8.29. The molecule has 9 heteroatoms. The van der Waals surface area contributed by atoms with Crippen molar-refractivity contribution < 1.29 is 18.4 Å². The first-order valence-electron chi connectivity index (χ1n) is 14.8. The van der Waals surface area contributed by atoms with Crippen LogP contribution in [0, 0.1) is 11.6 Å². The number of aromatic nitrogens is 3. The molecule has 1 fully saturated rings. The second-order valence-corrected chi connectivity index (χ2v) is 11.1. The number of hydrogen-bond acceptors (Lipinski definition) is 3. The van der Waals surface area contributed by atoms with Gasteiger partial charge in [0.15, 0.2) is 11.6 Å². The van der Waals surface area contributed by atoms with Gasteiger partial charge in [0, 0.05) is 42.5 Å². The highest BCUT2D eigenvalue weighted by molar-refractivity contribution is 5.97. The maximum Gasteiger partial charge on any atom is 0.327 e. The van der Waals surface area contributed by atoms with Crippen LogP contribution in [0.15, 0.2) is 115 Å². The first kappa shape index (κ1) is 28.2. The molecule has 0 radical (unpaired) electrons. The number of halogens is 2. The maximum atomic E-state index is 14.4. The van der Waals surface area contributed by atoms with E-state index in [4.69, 9.17) is 0 Å². The zero-order valence-corrected chi connectivity index (χ0v) is 24.2. The van der Waals surface area contributed by atoms with E-state index in [2.05, 4.69) is 40.4 Å². The number of para-hydroxylation sites is 2. The number of nitrogens with one attached hydrogen (secondary N) is 1. The van der Waals surface area contributed by atoms with Crippen LogP contribution in [0.4, 0.5) is 13.6 Å². The van der Waals surface area contributed by atoms with Gasteiger partial charge >= 0.3 is 6.03 Å². The molecule has 1 N–H and O–H groups in total. The van der Waals surface area contributed by atoms with Gasteiger partial charge in [0.2, 0.25) is 5.91 Å². The zero-order chi connectivity index (χ0) is 30.9. The summed E-state index contributed by atoms with van der Waals surface area (Å²) < 4.78 is 29.8. The second-order valence-electron chi connectivity index (χ2n) is 11.1. The summed E-state index contributed by atoms with van der Waals surface area (Å²) in [4.78, 5) is 33.5. The maximum absolute atomic E-state index is 14.4. The summed E-state index contributed by atoms with van der Waals surface area (Å²) in [5, 5.41) is 5.35. The van der Waals surface area contributed by atoms with Crippen molar-refractivity contribution in [3.8, 4) is 16.9 Å². The van der Waals surface area contributed by atoms with Crippen LogP contribution < -0.4 is 0 Å². The standard InChI is InChI=1S/C36H29F2N5O2/c37-29-15-9-16-30(38)35(29)43-21-18-26(40-43)22-42-32(44)19-20-41(36(42)45)23-28(24-10-3-1-4-11-24)33-27-14-7-8-17-31(27)39-34(33)25-12-5-2-6-13-25/h1-18,21,28,39H,19-20,22-23H2. The van der Waals surface area contributed by atoms with Crippen molar-refractivity contribution in [1.29, 1.82) is 0 Å². The van der Waals surface area contributed by atoms with Crippen molar-refractivity contribution in [2.75, 3.05) is 13.1 Å². The number of carbonyl (C=O) groups excluding carboxylic acids is 2. The predicted molar refractivity (Wildman–Crippen MR) is 168 cm³/mol. The molecular weight excluding hydrogens is 572 g/mol. The third kappa shape index (κ3) is 5.37. The number of urea groups is 1. The Morgan fingerprint density at radius 2 is 1.49 bits per heavy atom. The molecule has 6 aromatic rings. The molecule has 224 valence electrons. The van der Waals surface area contributed by atoms with Gasteiger partial charge < -0.3 is 9.88 Å². The van der Waals surface area contributed by atoms with E-state index in [9.17, 15) is 18.4 Å². The Labute approximate surface area is 258 Å². The van der Waals surface area contributed by atoms with Gasteiger partial charge in [-0.05, 0) is 41.0 Å². The second kappa shape index (κ2) is 11.8. The lowest BCUT2D eigenvalue weighted by Gasteiger charge is -2.36. The van der Waals surface area contributed by atoms with E-state index in [1.807, 2.05) is 54.6 Å². The van der Waals surface area contributed by atoms with Gasteiger partial charge in [-0.3, -0.25) is 9.69 Å². The van der Waals surface area contributed by atoms with Crippen LogP contribution in [-0.4, -0.2) is 49.6 Å². The highest BCUT2D eigenvalue weighted by atomic mass is 19.1. The molecule has 1 aliphatic heterocycles. The monoisotopic (exact) mass is 601 g/mol. The Morgan fingerprint density at radius 1 is 0.800 bits per heavy atom. The Kier molecular flexibility index (Phi) is 7.42. The molecule has 3 heterocycles. The average Bonchev–Trinajstić information content (AvgIpc) is 3.68. The lowest BCUT2D eigenvalue weighted by molar-refractivity contribution is -0.131. The molecule has 45 heavy (non-hydrogen) atoms. The first-order valence-corrected chi connectivity index (χ1v) is 14.8. The minimum atomic E-state index is -0.764. The summed E-state index contributed by atoms with van der Waals surface area (Å²) in [6.07, 6.45) is 1.57. The molecule has 0 spiro atoms. The number of H-pyrrole nitrogens is 1. The number of nitrogens with zero attached hydrogens (tertiary/aromatic N) is 4. The number of imide groups is 1. The highest BCUT2D eigenvalue weighted by Crippen LogP contribution is 2.39. The zero-order valence-electron chi connectivity index (χ0n) is 24.2. The fourth-order valence-electron chi connectivity index (χ4n) is 6.13. The predicted octanol–water partition coefficient (Wildman–Crippen LogP) is 7.29. The van der Waals surface area contributed by atoms with Crippen LogP contribution in [0.3, 0.4) is 0 Å². The molecule has 4 aromatic carbocycles. The Hall–Kier alpha value is -5.57. The third-order valence-corrected chi connectivity index (χ3v) is 8.29. The van der Waals surface area contributed by atoms with Crippen molar-refractivity contribution in [3.05, 3.63) is 144 Å². The summed E-state index contributed by atoms with van der Waals surface area (Å²) >= 11 is 0. The van der Waals surface area contributed by atoms with Gasteiger partial charge in [-0.25, -0.2) is 18.3 Å². The summed E-state index contributed by atoms with van der Waals surface area (Å²) in [5.74, 6) is -2.06. The molecule has 2 aromatic heterocycles. The number of rotatable bonds is 8. The van der Waals surface area contributed by atoms with Crippen LogP contribution in [0.5, 0.6) is 0 Å². The van der Waals surface area contributed by atoms with Crippen molar-refractivity contribution >= 4 is 22.8 Å². The average molecular weight is 602 g/mol. The minimum absolute atomic E-state index is 0.115. The highest BCUT2D eigenvalue weighted by Gasteiger charge is 2.35. The lowest BCUT2D eigenvalue weighted by Crippen LogP contribution is -2.52. The largest absolute Gasteiger partial charge is 0.354 e. The molecule has 0 saturated carbocycles. The minimum Gasteiger partial charge on any atom is -0.354 e. The van der Waals surface area contributed by atoms with Gasteiger partial charge in [-0.15, -0.1) is 0 Å². The molecule has 0 aliphatic carbocycles. The van der Waals surface area contributed by atoms with E-state index < -0.39 is 17.7 Å². The van der Waals surface area contributed by atoms with Crippen molar-refractivity contribution in [3.63, 3.8) is 0 Å². The quantitative estimate of drug-likeness (QED) is 0.199. The van der Waals surface area contributed by atoms with Gasteiger partial charge in [-0.2, -0.15) is 5.10 Å². The smallest absolute Gasteiger partial charge is 0.327 e.